The van der Waals surface area contributed by atoms with Gasteiger partial charge in [-0.1, -0.05) is 11.3 Å². The van der Waals surface area contributed by atoms with Crippen LogP contribution in [0.1, 0.15) is 26.5 Å². The molecule has 1 amide bonds. The molecular weight excluding hydrogens is 392 g/mol. The average molecular weight is 409 g/mol. The molecule has 0 bridgehead atoms. The van der Waals surface area contributed by atoms with Gasteiger partial charge in [-0.25, -0.2) is 4.37 Å². The van der Waals surface area contributed by atoms with Crippen LogP contribution >= 0.6 is 22.9 Å². The summed E-state index contributed by atoms with van der Waals surface area (Å²) >= 11 is 2.83. The van der Waals surface area contributed by atoms with Crippen LogP contribution in [0.15, 0.2) is 49.1 Å². The van der Waals surface area contributed by atoms with Gasteiger partial charge in [0.05, 0.1) is 16.1 Å². The van der Waals surface area contributed by atoms with Crippen LogP contribution < -0.4 is 10.2 Å². The van der Waals surface area contributed by atoms with E-state index in [9.17, 15) is 4.79 Å². The molecule has 1 aliphatic rings. The van der Waals surface area contributed by atoms with Crippen molar-refractivity contribution in [2.75, 3.05) is 5.43 Å². The molecule has 28 heavy (non-hydrogen) atoms. The number of nitrogens with zero attached hydrogens (tertiary/aromatic N) is 3. The van der Waals surface area contributed by atoms with Gasteiger partial charge in [-0.3, -0.25) is 19.9 Å². The highest BCUT2D eigenvalue weighted by molar-refractivity contribution is 7.17. The summed E-state index contributed by atoms with van der Waals surface area (Å²) in [7, 11) is 0. The number of aromatic nitrogens is 3. The monoisotopic (exact) mass is 408 g/mol. The molecule has 0 aromatic carbocycles. The molecule has 0 saturated carbocycles. The predicted octanol–water partition coefficient (Wildman–Crippen LogP) is 4.65. The number of amides is 1. The first kappa shape index (κ1) is 17.2. The maximum absolute atomic E-state index is 13.0. The Morgan fingerprint density at radius 3 is 2.93 bits per heavy atom. The van der Waals surface area contributed by atoms with Crippen molar-refractivity contribution in [3.8, 4) is 21.3 Å². The van der Waals surface area contributed by atoms with Gasteiger partial charge in [-0.2, -0.15) is 0 Å². The number of thiophene rings is 1. The van der Waals surface area contributed by atoms with Gasteiger partial charge in [0.15, 0.2) is 5.06 Å². The number of rotatable bonds is 4. The second-order valence-electron chi connectivity index (χ2n) is 6.47. The fourth-order valence-corrected chi connectivity index (χ4v) is 5.36. The highest BCUT2D eigenvalue weighted by Gasteiger charge is 2.31. The van der Waals surface area contributed by atoms with Crippen molar-refractivity contribution >= 4 is 28.8 Å². The number of hydrogen-bond acceptors (Lipinski definition) is 6. The third-order valence-corrected chi connectivity index (χ3v) is 6.66. The molecule has 6 nitrogen and oxygen atoms in total. The summed E-state index contributed by atoms with van der Waals surface area (Å²) in [5, 5.41) is 0.717. The van der Waals surface area contributed by atoms with Gasteiger partial charge in [-0.05, 0) is 66.7 Å². The molecule has 0 aliphatic heterocycles. The third-order valence-electron chi connectivity index (χ3n) is 4.69. The van der Waals surface area contributed by atoms with Crippen LogP contribution in [-0.2, 0) is 12.8 Å². The normalized spacial score (nSPS) is 12.3. The summed E-state index contributed by atoms with van der Waals surface area (Å²) in [6.07, 6.45) is 8.93. The molecule has 8 heteroatoms. The molecule has 4 aromatic heterocycles. The van der Waals surface area contributed by atoms with Crippen molar-refractivity contribution < 1.29 is 9.53 Å². The Morgan fingerprint density at radius 2 is 2.11 bits per heavy atom. The van der Waals surface area contributed by atoms with Crippen molar-refractivity contribution in [2.24, 2.45) is 0 Å². The summed E-state index contributed by atoms with van der Waals surface area (Å²) in [6, 6.07) is 7.48. The summed E-state index contributed by atoms with van der Waals surface area (Å²) in [5.41, 5.74) is 6.95. The van der Waals surface area contributed by atoms with Crippen LogP contribution in [0, 0.1) is 6.92 Å². The van der Waals surface area contributed by atoms with Crippen LogP contribution in [-0.4, -0.2) is 19.9 Å². The number of carbonyl (C=O) groups excluding carboxylic acids is 1. The summed E-state index contributed by atoms with van der Waals surface area (Å²) < 4.78 is 12.3. The maximum Gasteiger partial charge on any atom is 0.280 e. The Labute approximate surface area is 169 Å². The van der Waals surface area contributed by atoms with Crippen LogP contribution in [0.5, 0.6) is 10.8 Å². The third kappa shape index (κ3) is 2.90. The van der Waals surface area contributed by atoms with E-state index < -0.39 is 0 Å². The van der Waals surface area contributed by atoms with E-state index in [4.69, 9.17) is 4.74 Å². The van der Waals surface area contributed by atoms with Crippen molar-refractivity contribution in [2.45, 2.75) is 19.8 Å². The molecule has 5 rings (SSSR count). The SMILES string of the molecule is Cc1ncccc1Oc1sc(C(=O)Nn2cccc2)c2c1-c1sncc1CC2. The molecule has 4 heterocycles. The zero-order valence-electron chi connectivity index (χ0n) is 15.0. The molecule has 0 unspecified atom stereocenters. The van der Waals surface area contributed by atoms with Gasteiger partial charge in [0, 0.05) is 24.8 Å². The van der Waals surface area contributed by atoms with E-state index in [1.54, 1.807) is 23.3 Å². The Kier molecular flexibility index (Phi) is 4.22. The second-order valence-corrected chi connectivity index (χ2v) is 8.26. The van der Waals surface area contributed by atoms with E-state index in [1.807, 2.05) is 37.4 Å². The van der Waals surface area contributed by atoms with Gasteiger partial charge in [-0.15, -0.1) is 0 Å². The first-order valence-corrected chi connectivity index (χ1v) is 10.4. The van der Waals surface area contributed by atoms with E-state index in [1.165, 1.54) is 28.4 Å². The van der Waals surface area contributed by atoms with Crippen LogP contribution in [0.25, 0.3) is 10.4 Å². The Bertz CT molecular complexity index is 1160. The minimum atomic E-state index is -0.136. The Morgan fingerprint density at radius 1 is 1.25 bits per heavy atom. The lowest BCUT2D eigenvalue weighted by atomic mass is 9.93. The van der Waals surface area contributed by atoms with Crippen molar-refractivity contribution in [1.82, 2.24) is 14.0 Å². The van der Waals surface area contributed by atoms with Gasteiger partial charge in [0.2, 0.25) is 0 Å². The standard InChI is InChI=1S/C20H16N4O2S2/c1-12-15(5-4-8-21-12)26-20-16-14(7-6-13-11-22-28-17(13)16)18(27-20)19(25)23-24-9-2-3-10-24/h2-5,8-11H,6-7H2,1H3,(H,23,25). The number of carbonyl (C=O) groups is 1. The zero-order valence-corrected chi connectivity index (χ0v) is 16.6. The molecule has 4 aromatic rings. The molecule has 1 aliphatic carbocycles. The van der Waals surface area contributed by atoms with Gasteiger partial charge < -0.3 is 4.74 Å². The average Bonchev–Trinajstić information content (AvgIpc) is 3.42. The molecule has 0 radical (unpaired) electrons. The van der Waals surface area contributed by atoms with Crippen LogP contribution in [0.3, 0.4) is 0 Å². The molecule has 0 atom stereocenters. The van der Waals surface area contributed by atoms with Gasteiger partial charge in [0.25, 0.3) is 5.91 Å². The summed E-state index contributed by atoms with van der Waals surface area (Å²) in [4.78, 5) is 19.0. The molecule has 0 spiro atoms. The maximum atomic E-state index is 13.0. The van der Waals surface area contributed by atoms with Gasteiger partial charge in [0.1, 0.15) is 10.6 Å². The van der Waals surface area contributed by atoms with E-state index in [2.05, 4.69) is 14.8 Å². The number of hydrogen-bond donors (Lipinski definition) is 1. The minimum Gasteiger partial charge on any atom is -0.444 e. The predicted molar refractivity (Wildman–Crippen MR) is 110 cm³/mol. The van der Waals surface area contributed by atoms with Gasteiger partial charge >= 0.3 is 0 Å². The van der Waals surface area contributed by atoms with E-state index >= 15 is 0 Å². The zero-order chi connectivity index (χ0) is 19.1. The van der Waals surface area contributed by atoms with Crippen molar-refractivity contribution in [3.63, 3.8) is 0 Å². The second kappa shape index (κ2) is 6.88. The molecule has 1 N–H and O–H groups in total. The largest absolute Gasteiger partial charge is 0.444 e. The number of ether oxygens (including phenoxy) is 1. The fraction of sp³-hybridized carbons (Fsp3) is 0.150. The summed E-state index contributed by atoms with van der Waals surface area (Å²) in [6.45, 7) is 1.91. The molecule has 140 valence electrons. The summed E-state index contributed by atoms with van der Waals surface area (Å²) in [5.74, 6) is 0.559. The highest BCUT2D eigenvalue weighted by atomic mass is 32.1. The Balaban J connectivity index is 1.60. The minimum absolute atomic E-state index is 0.136. The van der Waals surface area contributed by atoms with Crippen LogP contribution in [0.2, 0.25) is 0 Å². The fourth-order valence-electron chi connectivity index (χ4n) is 3.32. The topological polar surface area (TPSA) is 69.0 Å². The molecular formula is C20H16N4O2S2. The first-order valence-electron chi connectivity index (χ1n) is 8.84. The Hall–Kier alpha value is -2.97. The number of fused-ring (bicyclic) bond motifs is 3. The lowest BCUT2D eigenvalue weighted by Crippen LogP contribution is -2.21. The molecule has 0 fully saturated rings. The smallest absolute Gasteiger partial charge is 0.280 e. The highest BCUT2D eigenvalue weighted by Crippen LogP contribution is 2.50. The van der Waals surface area contributed by atoms with E-state index in [0.29, 0.717) is 15.7 Å². The molecule has 0 saturated heterocycles. The van der Waals surface area contributed by atoms with E-state index in [-0.39, 0.29) is 5.91 Å². The lowest BCUT2D eigenvalue weighted by Gasteiger charge is -2.15. The van der Waals surface area contributed by atoms with E-state index in [0.717, 1.165) is 34.5 Å². The first-order chi connectivity index (χ1) is 13.7. The van der Waals surface area contributed by atoms with Crippen molar-refractivity contribution in [3.05, 3.63) is 70.8 Å². The number of aryl methyl sites for hydroxylation is 2. The quantitative estimate of drug-likeness (QED) is 0.534. The lowest BCUT2D eigenvalue weighted by molar-refractivity contribution is 0.101. The number of pyridine rings is 1. The number of nitrogens with one attached hydrogen (secondary N) is 1. The van der Waals surface area contributed by atoms with Crippen molar-refractivity contribution in [1.29, 1.82) is 0 Å². The van der Waals surface area contributed by atoms with Crippen LogP contribution in [0.4, 0.5) is 0 Å².